The lowest BCUT2D eigenvalue weighted by molar-refractivity contribution is -0.136. The predicted octanol–water partition coefficient (Wildman–Crippen LogP) is 0.141. The average molecular weight is 171 g/mol. The Morgan fingerprint density at radius 2 is 2.33 bits per heavy atom. The number of hydrogen-bond acceptors (Lipinski definition) is 2. The molecule has 0 spiro atoms. The maximum Gasteiger partial charge on any atom is 0.308 e. The number of rotatable bonds is 2. The van der Waals surface area contributed by atoms with E-state index in [4.69, 9.17) is 5.11 Å². The van der Waals surface area contributed by atoms with Crippen molar-refractivity contribution in [1.29, 1.82) is 0 Å². The van der Waals surface area contributed by atoms with E-state index in [1.54, 1.807) is 0 Å². The van der Waals surface area contributed by atoms with E-state index in [-0.39, 0.29) is 5.56 Å². The number of H-pyrrole nitrogens is 1. The van der Waals surface area contributed by atoms with Crippen LogP contribution in [0.2, 0.25) is 0 Å². The number of nitrogens with one attached hydrogen (secondary N) is 1. The van der Waals surface area contributed by atoms with Crippen LogP contribution in [0.3, 0.4) is 0 Å². The largest absolute Gasteiger partial charge is 0.481 e. The van der Waals surface area contributed by atoms with E-state index in [9.17, 15) is 14.0 Å². The highest BCUT2D eigenvalue weighted by atomic mass is 19.1. The van der Waals surface area contributed by atoms with E-state index in [0.29, 0.717) is 0 Å². The maximum atomic E-state index is 12.7. The van der Waals surface area contributed by atoms with Gasteiger partial charge in [0.25, 0.3) is 5.56 Å². The summed E-state index contributed by atoms with van der Waals surface area (Å²) >= 11 is 0. The van der Waals surface area contributed by atoms with E-state index in [1.165, 1.54) is 0 Å². The van der Waals surface area contributed by atoms with Gasteiger partial charge >= 0.3 is 5.97 Å². The van der Waals surface area contributed by atoms with Crippen molar-refractivity contribution in [3.05, 3.63) is 34.0 Å². The van der Waals surface area contributed by atoms with Crippen LogP contribution in [0.5, 0.6) is 0 Å². The zero-order chi connectivity index (χ0) is 9.14. The monoisotopic (exact) mass is 171 g/mol. The summed E-state index contributed by atoms with van der Waals surface area (Å²) in [5.41, 5.74) is -1.04. The van der Waals surface area contributed by atoms with Crippen LogP contribution in [0.25, 0.3) is 0 Å². The fourth-order valence-corrected chi connectivity index (χ4v) is 0.803. The fourth-order valence-electron chi connectivity index (χ4n) is 0.803. The van der Waals surface area contributed by atoms with Gasteiger partial charge in [-0.2, -0.15) is 0 Å². The van der Waals surface area contributed by atoms with Crippen LogP contribution in [0, 0.1) is 5.82 Å². The van der Waals surface area contributed by atoms with E-state index in [2.05, 4.69) is 4.98 Å². The molecule has 0 amide bonds. The van der Waals surface area contributed by atoms with Crippen molar-refractivity contribution in [3.8, 4) is 0 Å². The highest BCUT2D eigenvalue weighted by Crippen LogP contribution is 1.99. The van der Waals surface area contributed by atoms with Gasteiger partial charge in [0.2, 0.25) is 0 Å². The maximum absolute atomic E-state index is 12.7. The third-order valence-corrected chi connectivity index (χ3v) is 1.33. The topological polar surface area (TPSA) is 70.2 Å². The van der Waals surface area contributed by atoms with E-state index >= 15 is 0 Å². The van der Waals surface area contributed by atoms with Crippen molar-refractivity contribution in [2.24, 2.45) is 0 Å². The van der Waals surface area contributed by atoms with Gasteiger partial charge in [0, 0.05) is 6.20 Å². The van der Waals surface area contributed by atoms with Crippen molar-refractivity contribution >= 4 is 5.97 Å². The summed E-state index contributed by atoms with van der Waals surface area (Å²) in [4.78, 5) is 23.2. The lowest BCUT2D eigenvalue weighted by atomic mass is 10.2. The normalized spacial score (nSPS) is 9.75. The number of carboxylic acid groups (broad SMARTS) is 1. The minimum Gasteiger partial charge on any atom is -0.481 e. The van der Waals surface area contributed by atoms with E-state index in [1.807, 2.05) is 0 Å². The summed E-state index contributed by atoms with van der Waals surface area (Å²) in [6.07, 6.45) is 0.533. The van der Waals surface area contributed by atoms with Gasteiger partial charge in [-0.15, -0.1) is 0 Å². The Labute approximate surface area is 66.7 Å². The van der Waals surface area contributed by atoms with Crippen LogP contribution >= 0.6 is 0 Å². The first kappa shape index (κ1) is 8.45. The molecule has 0 aliphatic carbocycles. The molecule has 1 heterocycles. The standard InChI is InChI=1S/C7H6FNO3/c8-5-1-2-9-7(12)4(5)3-6(10)11/h1-2H,3H2,(H,9,12)(H,10,11). The summed E-state index contributed by atoms with van der Waals surface area (Å²) in [7, 11) is 0. The number of aliphatic carboxylic acids is 1. The molecule has 0 radical (unpaired) electrons. The number of aromatic amines is 1. The van der Waals surface area contributed by atoms with Crippen molar-refractivity contribution in [2.45, 2.75) is 6.42 Å². The van der Waals surface area contributed by atoms with Gasteiger partial charge in [-0.1, -0.05) is 0 Å². The molecule has 0 aliphatic heterocycles. The molecule has 12 heavy (non-hydrogen) atoms. The zero-order valence-corrected chi connectivity index (χ0v) is 6.00. The Kier molecular flexibility index (Phi) is 2.23. The minimum absolute atomic E-state index is 0.343. The lowest BCUT2D eigenvalue weighted by Gasteiger charge is -1.95. The Morgan fingerprint density at radius 1 is 1.67 bits per heavy atom. The molecule has 0 aliphatic rings. The first-order chi connectivity index (χ1) is 5.61. The number of carboxylic acids is 1. The zero-order valence-electron chi connectivity index (χ0n) is 6.00. The van der Waals surface area contributed by atoms with Crippen molar-refractivity contribution < 1.29 is 14.3 Å². The Bertz CT molecular complexity index is 358. The van der Waals surface area contributed by atoms with Gasteiger partial charge in [0.05, 0.1) is 12.0 Å². The summed E-state index contributed by atoms with van der Waals surface area (Å²) in [6.45, 7) is 0. The fraction of sp³-hybridized carbons (Fsp3) is 0.143. The van der Waals surface area contributed by atoms with Crippen LogP contribution < -0.4 is 5.56 Å². The van der Waals surface area contributed by atoms with Crippen LogP contribution in [0.4, 0.5) is 4.39 Å². The van der Waals surface area contributed by atoms with E-state index in [0.717, 1.165) is 12.3 Å². The Balaban J connectivity index is 3.13. The Morgan fingerprint density at radius 3 is 2.83 bits per heavy atom. The second kappa shape index (κ2) is 3.17. The third-order valence-electron chi connectivity index (χ3n) is 1.33. The molecule has 0 unspecified atom stereocenters. The molecule has 1 aromatic heterocycles. The molecular weight excluding hydrogens is 165 g/mol. The van der Waals surface area contributed by atoms with Gasteiger partial charge in [0.15, 0.2) is 0 Å². The lowest BCUT2D eigenvalue weighted by Crippen LogP contribution is -2.17. The quantitative estimate of drug-likeness (QED) is 0.664. The van der Waals surface area contributed by atoms with Crippen LogP contribution in [0.15, 0.2) is 17.1 Å². The summed E-state index contributed by atoms with van der Waals surface area (Å²) in [5.74, 6) is -2.02. The first-order valence-electron chi connectivity index (χ1n) is 3.19. The van der Waals surface area contributed by atoms with Gasteiger partial charge in [0.1, 0.15) is 5.82 Å². The molecule has 0 aromatic carbocycles. The molecule has 0 fully saturated rings. The highest BCUT2D eigenvalue weighted by Gasteiger charge is 2.09. The van der Waals surface area contributed by atoms with Gasteiger partial charge in [-0.3, -0.25) is 9.59 Å². The van der Waals surface area contributed by atoms with Crippen molar-refractivity contribution in [1.82, 2.24) is 4.98 Å². The molecule has 0 atom stereocenters. The number of pyridine rings is 1. The predicted molar refractivity (Wildman–Crippen MR) is 38.4 cm³/mol. The molecular formula is C7H6FNO3. The number of carbonyl (C=O) groups is 1. The summed E-state index contributed by atoms with van der Waals surface area (Å²) in [6, 6.07) is 1.01. The minimum atomic E-state index is -1.23. The molecule has 0 saturated carbocycles. The second-order valence-electron chi connectivity index (χ2n) is 2.20. The number of halogens is 1. The smallest absolute Gasteiger partial charge is 0.308 e. The molecule has 0 saturated heterocycles. The van der Waals surface area contributed by atoms with Gasteiger partial charge < -0.3 is 10.1 Å². The van der Waals surface area contributed by atoms with Crippen LogP contribution in [-0.2, 0) is 11.2 Å². The average Bonchev–Trinajstić information content (AvgIpc) is 1.97. The first-order valence-corrected chi connectivity index (χ1v) is 3.19. The van der Waals surface area contributed by atoms with Gasteiger partial charge in [-0.25, -0.2) is 4.39 Å². The number of aromatic nitrogens is 1. The Hall–Kier alpha value is -1.65. The van der Waals surface area contributed by atoms with Crippen molar-refractivity contribution in [3.63, 3.8) is 0 Å². The number of hydrogen-bond donors (Lipinski definition) is 2. The molecule has 1 rings (SSSR count). The van der Waals surface area contributed by atoms with Crippen molar-refractivity contribution in [2.75, 3.05) is 0 Å². The molecule has 64 valence electrons. The van der Waals surface area contributed by atoms with Crippen LogP contribution in [0.1, 0.15) is 5.56 Å². The molecule has 0 bridgehead atoms. The molecule has 5 heteroatoms. The molecule has 1 aromatic rings. The third kappa shape index (κ3) is 1.69. The highest BCUT2D eigenvalue weighted by molar-refractivity contribution is 5.70. The molecule has 4 nitrogen and oxygen atoms in total. The van der Waals surface area contributed by atoms with Gasteiger partial charge in [-0.05, 0) is 6.07 Å². The van der Waals surface area contributed by atoms with E-state index < -0.39 is 23.8 Å². The van der Waals surface area contributed by atoms with Crippen LogP contribution in [-0.4, -0.2) is 16.1 Å². The molecule has 2 N–H and O–H groups in total. The SMILES string of the molecule is O=C(O)Cc1c(F)cc[nH]c1=O. The summed E-state index contributed by atoms with van der Waals surface area (Å²) in [5, 5.41) is 8.30. The summed E-state index contributed by atoms with van der Waals surface area (Å²) < 4.78 is 12.7. The second-order valence-corrected chi connectivity index (χ2v) is 2.20.